The maximum absolute atomic E-state index is 10.0. The number of fused-ring (bicyclic) bond motifs is 1. The molecule has 6 nitrogen and oxygen atoms in total. The highest BCUT2D eigenvalue weighted by Gasteiger charge is 2.23. The third-order valence-corrected chi connectivity index (χ3v) is 4.96. The van der Waals surface area contributed by atoms with Crippen molar-refractivity contribution in [2.75, 3.05) is 31.1 Å². The summed E-state index contributed by atoms with van der Waals surface area (Å²) in [7, 11) is 0. The highest BCUT2D eigenvalue weighted by molar-refractivity contribution is 6.06. The highest BCUT2D eigenvalue weighted by atomic mass is 16.6. The molecule has 1 aliphatic rings. The number of benzene rings is 1. The van der Waals surface area contributed by atoms with E-state index in [1.54, 1.807) is 0 Å². The summed E-state index contributed by atoms with van der Waals surface area (Å²) in [6.07, 6.45) is 1.20. The lowest BCUT2D eigenvalue weighted by molar-refractivity contribution is 0.0392. The maximum Gasteiger partial charge on any atom is 0.144 e. The van der Waals surface area contributed by atoms with Gasteiger partial charge in [0, 0.05) is 43.4 Å². The van der Waals surface area contributed by atoms with E-state index in [9.17, 15) is 5.11 Å². The quantitative estimate of drug-likeness (QED) is 0.638. The van der Waals surface area contributed by atoms with Gasteiger partial charge in [0.2, 0.25) is 0 Å². The lowest BCUT2D eigenvalue weighted by atomic mass is 10.0. The number of hydrogen-bond donors (Lipinski definition) is 2. The number of aliphatic hydroxyl groups excluding tert-OH is 1. The van der Waals surface area contributed by atoms with Gasteiger partial charge in [-0.25, -0.2) is 4.98 Å². The van der Waals surface area contributed by atoms with Crippen molar-refractivity contribution >= 4 is 11.5 Å². The maximum atomic E-state index is 10.0. The molecule has 0 radical (unpaired) electrons. The number of aryl methyl sites for hydroxylation is 1. The molecule has 0 saturated heterocycles. The number of hydrogen-bond acceptors (Lipinski definition) is 6. The van der Waals surface area contributed by atoms with Gasteiger partial charge < -0.3 is 20.2 Å². The van der Waals surface area contributed by atoms with Crippen LogP contribution in [0.3, 0.4) is 0 Å². The van der Waals surface area contributed by atoms with Crippen LogP contribution < -0.4 is 10.2 Å². The SMILES string of the molecule is Cc1ccc2c(n1)N(CCc1ccccc1)CC/C2=N\OCC(O)CNC(C)C. The summed E-state index contributed by atoms with van der Waals surface area (Å²) in [6.45, 7) is 8.55. The van der Waals surface area contributed by atoms with E-state index in [-0.39, 0.29) is 6.61 Å². The zero-order valence-corrected chi connectivity index (χ0v) is 17.6. The average molecular weight is 397 g/mol. The molecule has 0 bridgehead atoms. The van der Waals surface area contributed by atoms with E-state index < -0.39 is 6.10 Å². The molecule has 0 saturated carbocycles. The van der Waals surface area contributed by atoms with Crippen LogP contribution in [-0.2, 0) is 11.3 Å². The summed E-state index contributed by atoms with van der Waals surface area (Å²) in [5, 5.41) is 17.5. The molecule has 2 N–H and O–H groups in total. The molecule has 6 heteroatoms. The first-order chi connectivity index (χ1) is 14.0. The van der Waals surface area contributed by atoms with Gasteiger partial charge in [-0.2, -0.15) is 0 Å². The Kier molecular flexibility index (Phi) is 7.61. The molecule has 1 aromatic carbocycles. The average Bonchev–Trinajstić information content (AvgIpc) is 2.72. The van der Waals surface area contributed by atoms with Crippen molar-refractivity contribution in [1.82, 2.24) is 10.3 Å². The Morgan fingerprint density at radius 2 is 2.00 bits per heavy atom. The van der Waals surface area contributed by atoms with Crippen molar-refractivity contribution in [3.8, 4) is 0 Å². The second-order valence-electron chi connectivity index (χ2n) is 7.85. The molecule has 1 aromatic heterocycles. The van der Waals surface area contributed by atoms with Crippen molar-refractivity contribution in [3.63, 3.8) is 0 Å². The molecule has 0 amide bonds. The normalized spacial score (nSPS) is 16.2. The Balaban J connectivity index is 1.65. The lowest BCUT2D eigenvalue weighted by Gasteiger charge is -2.31. The molecule has 2 aromatic rings. The van der Waals surface area contributed by atoms with Crippen molar-refractivity contribution in [2.24, 2.45) is 5.16 Å². The standard InChI is InChI=1S/C23H32N4O2/c1-17(2)24-15-20(28)16-29-26-22-12-14-27(13-11-19-7-5-4-6-8-19)23-21(22)10-9-18(3)25-23/h4-10,17,20,24,28H,11-16H2,1-3H3/b26-22+. The number of aromatic nitrogens is 1. The molecular weight excluding hydrogens is 364 g/mol. The van der Waals surface area contributed by atoms with E-state index in [1.165, 1.54) is 5.56 Å². The molecular formula is C23H32N4O2. The van der Waals surface area contributed by atoms with Crippen molar-refractivity contribution in [3.05, 3.63) is 59.3 Å². The first-order valence-electron chi connectivity index (χ1n) is 10.4. The minimum atomic E-state index is -0.580. The van der Waals surface area contributed by atoms with E-state index in [0.29, 0.717) is 12.6 Å². The fourth-order valence-electron chi connectivity index (χ4n) is 3.34. The Morgan fingerprint density at radius 3 is 2.76 bits per heavy atom. The molecule has 1 atom stereocenters. The Morgan fingerprint density at radius 1 is 1.21 bits per heavy atom. The topological polar surface area (TPSA) is 70.0 Å². The first kappa shape index (κ1) is 21.3. The molecule has 1 unspecified atom stereocenters. The predicted octanol–water partition coefficient (Wildman–Crippen LogP) is 2.92. The van der Waals surface area contributed by atoms with Crippen LogP contribution in [0.5, 0.6) is 0 Å². The summed E-state index contributed by atoms with van der Waals surface area (Å²) in [6, 6.07) is 14.9. The third kappa shape index (κ3) is 6.27. The Hall–Kier alpha value is -2.44. The van der Waals surface area contributed by atoms with Gasteiger partial charge in [0.1, 0.15) is 18.5 Å². The van der Waals surface area contributed by atoms with Gasteiger partial charge in [-0.05, 0) is 31.0 Å². The number of anilines is 1. The van der Waals surface area contributed by atoms with E-state index in [0.717, 1.165) is 48.7 Å². The second-order valence-corrected chi connectivity index (χ2v) is 7.85. The van der Waals surface area contributed by atoms with E-state index in [4.69, 9.17) is 9.82 Å². The summed E-state index contributed by atoms with van der Waals surface area (Å²) in [4.78, 5) is 12.6. The van der Waals surface area contributed by atoms with Gasteiger partial charge in [0.15, 0.2) is 0 Å². The fraction of sp³-hybridized carbons (Fsp3) is 0.478. The van der Waals surface area contributed by atoms with Gasteiger partial charge in [0.25, 0.3) is 0 Å². The highest BCUT2D eigenvalue weighted by Crippen LogP contribution is 2.26. The molecule has 0 spiro atoms. The van der Waals surface area contributed by atoms with Crippen LogP contribution in [0.4, 0.5) is 5.82 Å². The molecule has 156 valence electrons. The predicted molar refractivity (Wildman–Crippen MR) is 118 cm³/mol. The van der Waals surface area contributed by atoms with Crippen LogP contribution in [0.25, 0.3) is 0 Å². The van der Waals surface area contributed by atoms with Crippen molar-refractivity contribution < 1.29 is 9.94 Å². The van der Waals surface area contributed by atoms with Gasteiger partial charge in [-0.15, -0.1) is 0 Å². The lowest BCUT2D eigenvalue weighted by Crippen LogP contribution is -2.35. The monoisotopic (exact) mass is 396 g/mol. The second kappa shape index (κ2) is 10.4. The van der Waals surface area contributed by atoms with Crippen LogP contribution in [0.15, 0.2) is 47.6 Å². The van der Waals surface area contributed by atoms with E-state index >= 15 is 0 Å². The summed E-state index contributed by atoms with van der Waals surface area (Å²) < 4.78 is 0. The minimum Gasteiger partial charge on any atom is -0.393 e. The molecule has 1 aliphatic heterocycles. The summed E-state index contributed by atoms with van der Waals surface area (Å²) >= 11 is 0. The Labute approximate surface area is 173 Å². The van der Waals surface area contributed by atoms with Crippen LogP contribution in [-0.4, -0.2) is 54.2 Å². The minimum absolute atomic E-state index is 0.176. The number of nitrogens with one attached hydrogen (secondary N) is 1. The van der Waals surface area contributed by atoms with Crippen molar-refractivity contribution in [2.45, 2.75) is 45.8 Å². The van der Waals surface area contributed by atoms with Crippen LogP contribution in [0.1, 0.15) is 37.1 Å². The number of aliphatic hydroxyl groups is 1. The molecule has 2 heterocycles. The largest absolute Gasteiger partial charge is 0.393 e. The molecule has 3 rings (SSSR count). The number of rotatable bonds is 9. The Bertz CT molecular complexity index is 808. The number of nitrogens with zero attached hydrogens (tertiary/aromatic N) is 3. The van der Waals surface area contributed by atoms with Crippen molar-refractivity contribution in [1.29, 1.82) is 0 Å². The van der Waals surface area contributed by atoms with Crippen LogP contribution >= 0.6 is 0 Å². The zero-order chi connectivity index (χ0) is 20.6. The van der Waals surface area contributed by atoms with E-state index in [1.807, 2.05) is 32.9 Å². The first-order valence-corrected chi connectivity index (χ1v) is 10.4. The van der Waals surface area contributed by atoms with Crippen LogP contribution in [0, 0.1) is 6.92 Å². The molecule has 29 heavy (non-hydrogen) atoms. The van der Waals surface area contributed by atoms with Gasteiger partial charge in [-0.3, -0.25) is 0 Å². The zero-order valence-electron chi connectivity index (χ0n) is 17.6. The van der Waals surface area contributed by atoms with Gasteiger partial charge in [-0.1, -0.05) is 49.3 Å². The molecule has 0 aliphatic carbocycles. The van der Waals surface area contributed by atoms with Gasteiger partial charge in [0.05, 0.1) is 5.71 Å². The van der Waals surface area contributed by atoms with Crippen LogP contribution in [0.2, 0.25) is 0 Å². The number of pyridine rings is 1. The summed E-state index contributed by atoms with van der Waals surface area (Å²) in [5.41, 5.74) is 4.23. The molecule has 0 fully saturated rings. The van der Waals surface area contributed by atoms with E-state index in [2.05, 4.69) is 45.7 Å². The fourth-order valence-corrected chi connectivity index (χ4v) is 3.34. The number of oxime groups is 1. The smallest absolute Gasteiger partial charge is 0.144 e. The summed E-state index contributed by atoms with van der Waals surface area (Å²) in [5.74, 6) is 0.969. The van der Waals surface area contributed by atoms with Gasteiger partial charge >= 0.3 is 0 Å². The third-order valence-electron chi connectivity index (χ3n) is 4.96.